The van der Waals surface area contributed by atoms with Crippen LogP contribution < -0.4 is 5.73 Å². The van der Waals surface area contributed by atoms with Crippen LogP contribution in [0.25, 0.3) is 0 Å². The minimum atomic E-state index is -0.469. The predicted molar refractivity (Wildman–Crippen MR) is 68.9 cm³/mol. The third kappa shape index (κ3) is 3.20. The molecular formula is C13H19FN2O2. The van der Waals surface area contributed by atoms with Crippen molar-refractivity contribution in [1.82, 2.24) is 4.90 Å². The third-order valence-electron chi connectivity index (χ3n) is 2.79. The minimum absolute atomic E-state index is 0.0878. The number of methoxy groups -OCH3 is 1. The summed E-state index contributed by atoms with van der Waals surface area (Å²) in [4.78, 5) is 13.9. The van der Waals surface area contributed by atoms with E-state index in [1.807, 2.05) is 13.8 Å². The molecule has 18 heavy (non-hydrogen) atoms. The number of carbonyl (C=O) groups excluding carboxylic acids is 1. The van der Waals surface area contributed by atoms with Gasteiger partial charge in [-0.05, 0) is 32.0 Å². The van der Waals surface area contributed by atoms with Crippen LogP contribution in [0.1, 0.15) is 24.2 Å². The fourth-order valence-corrected chi connectivity index (χ4v) is 1.86. The second kappa shape index (κ2) is 6.35. The molecule has 0 bridgehead atoms. The molecule has 2 N–H and O–H groups in total. The van der Waals surface area contributed by atoms with Gasteiger partial charge in [0.2, 0.25) is 0 Å². The van der Waals surface area contributed by atoms with Gasteiger partial charge < -0.3 is 15.4 Å². The Hall–Kier alpha value is -1.62. The van der Waals surface area contributed by atoms with Gasteiger partial charge in [0.05, 0.1) is 18.2 Å². The zero-order chi connectivity index (χ0) is 13.7. The van der Waals surface area contributed by atoms with Gasteiger partial charge in [-0.1, -0.05) is 0 Å². The maximum Gasteiger partial charge on any atom is 0.256 e. The molecule has 0 aliphatic carbocycles. The van der Waals surface area contributed by atoms with Crippen molar-refractivity contribution in [1.29, 1.82) is 0 Å². The molecule has 0 radical (unpaired) electrons. The number of halogens is 1. The highest BCUT2D eigenvalue weighted by molar-refractivity contribution is 5.99. The Morgan fingerprint density at radius 3 is 2.78 bits per heavy atom. The molecule has 0 fully saturated rings. The van der Waals surface area contributed by atoms with Gasteiger partial charge in [0, 0.05) is 19.3 Å². The number of anilines is 1. The van der Waals surface area contributed by atoms with E-state index in [1.165, 1.54) is 18.2 Å². The Morgan fingerprint density at radius 1 is 1.56 bits per heavy atom. The summed E-state index contributed by atoms with van der Waals surface area (Å²) in [5.74, 6) is -0.748. The molecular weight excluding hydrogens is 235 g/mol. The summed E-state index contributed by atoms with van der Waals surface area (Å²) in [6.07, 6.45) is 0. The van der Waals surface area contributed by atoms with E-state index in [4.69, 9.17) is 10.5 Å². The van der Waals surface area contributed by atoms with Crippen LogP contribution in [0.5, 0.6) is 0 Å². The average Bonchev–Trinajstić information content (AvgIpc) is 2.33. The molecule has 0 aromatic heterocycles. The van der Waals surface area contributed by atoms with Crippen molar-refractivity contribution in [2.24, 2.45) is 0 Å². The summed E-state index contributed by atoms with van der Waals surface area (Å²) in [7, 11) is 1.57. The van der Waals surface area contributed by atoms with Crippen LogP contribution in [0, 0.1) is 5.82 Å². The topological polar surface area (TPSA) is 55.6 Å². The Kier molecular flexibility index (Phi) is 5.09. The second-order valence-electron chi connectivity index (χ2n) is 4.13. The fourth-order valence-electron chi connectivity index (χ4n) is 1.86. The van der Waals surface area contributed by atoms with Crippen LogP contribution in [-0.2, 0) is 4.74 Å². The van der Waals surface area contributed by atoms with Crippen LogP contribution in [0.4, 0.5) is 10.1 Å². The number of nitrogen functional groups attached to an aromatic ring is 1. The second-order valence-corrected chi connectivity index (χ2v) is 4.13. The molecule has 0 saturated heterocycles. The van der Waals surface area contributed by atoms with Crippen molar-refractivity contribution in [3.05, 3.63) is 29.6 Å². The lowest BCUT2D eigenvalue weighted by Crippen LogP contribution is -2.41. The van der Waals surface area contributed by atoms with Crippen molar-refractivity contribution in [3.63, 3.8) is 0 Å². The SMILES string of the molecule is CCN(C(=O)c1cc(F)ccc1N)C(C)COC. The number of carbonyl (C=O) groups is 1. The summed E-state index contributed by atoms with van der Waals surface area (Å²) in [5, 5.41) is 0. The summed E-state index contributed by atoms with van der Waals surface area (Å²) in [6, 6.07) is 3.72. The molecule has 1 unspecified atom stereocenters. The molecule has 5 heteroatoms. The van der Waals surface area contributed by atoms with Gasteiger partial charge in [0.15, 0.2) is 0 Å². The van der Waals surface area contributed by atoms with E-state index in [0.717, 1.165) is 0 Å². The van der Waals surface area contributed by atoms with Crippen molar-refractivity contribution in [2.45, 2.75) is 19.9 Å². The van der Waals surface area contributed by atoms with E-state index < -0.39 is 5.82 Å². The normalized spacial score (nSPS) is 12.2. The van der Waals surface area contributed by atoms with Crippen LogP contribution in [0.3, 0.4) is 0 Å². The maximum atomic E-state index is 13.2. The van der Waals surface area contributed by atoms with Gasteiger partial charge >= 0.3 is 0 Å². The molecule has 1 atom stereocenters. The van der Waals surface area contributed by atoms with Gasteiger partial charge in [-0.15, -0.1) is 0 Å². The first kappa shape index (κ1) is 14.4. The summed E-state index contributed by atoms with van der Waals surface area (Å²) in [6.45, 7) is 4.67. The third-order valence-corrected chi connectivity index (χ3v) is 2.79. The molecule has 1 rings (SSSR count). The van der Waals surface area contributed by atoms with E-state index in [-0.39, 0.29) is 23.2 Å². The number of benzene rings is 1. The highest BCUT2D eigenvalue weighted by atomic mass is 19.1. The largest absolute Gasteiger partial charge is 0.398 e. The summed E-state index contributed by atoms with van der Waals surface area (Å²) >= 11 is 0. The first-order chi connectivity index (χ1) is 8.51. The smallest absolute Gasteiger partial charge is 0.256 e. The molecule has 1 amide bonds. The van der Waals surface area contributed by atoms with Crippen LogP contribution >= 0.6 is 0 Å². The number of nitrogens with zero attached hydrogens (tertiary/aromatic N) is 1. The first-order valence-electron chi connectivity index (χ1n) is 5.86. The van der Waals surface area contributed by atoms with Crippen molar-refractivity contribution < 1.29 is 13.9 Å². The Labute approximate surface area is 107 Å². The standard InChI is InChI=1S/C13H19FN2O2/c1-4-16(9(2)8-18-3)13(17)11-7-10(14)5-6-12(11)15/h5-7,9H,4,8,15H2,1-3H3. The zero-order valence-corrected chi connectivity index (χ0v) is 10.9. The number of amides is 1. The number of hydrogen-bond acceptors (Lipinski definition) is 3. The van der Waals surface area contributed by atoms with E-state index in [9.17, 15) is 9.18 Å². The number of hydrogen-bond donors (Lipinski definition) is 1. The maximum absolute atomic E-state index is 13.2. The highest BCUT2D eigenvalue weighted by Crippen LogP contribution is 2.17. The van der Waals surface area contributed by atoms with Gasteiger partial charge in [-0.3, -0.25) is 4.79 Å². The lowest BCUT2D eigenvalue weighted by molar-refractivity contribution is 0.0580. The van der Waals surface area contributed by atoms with Crippen LogP contribution in [0.15, 0.2) is 18.2 Å². The van der Waals surface area contributed by atoms with Crippen molar-refractivity contribution in [3.8, 4) is 0 Å². The fraction of sp³-hybridized carbons (Fsp3) is 0.462. The number of ether oxygens (including phenoxy) is 1. The Balaban J connectivity index is 2.99. The lowest BCUT2D eigenvalue weighted by atomic mass is 10.1. The quantitative estimate of drug-likeness (QED) is 0.816. The number of nitrogens with two attached hydrogens (primary N) is 1. The van der Waals surface area contributed by atoms with Crippen LogP contribution in [-0.4, -0.2) is 37.1 Å². The van der Waals surface area contributed by atoms with Gasteiger partial charge in [0.1, 0.15) is 5.82 Å². The lowest BCUT2D eigenvalue weighted by Gasteiger charge is -2.28. The molecule has 1 aromatic rings. The highest BCUT2D eigenvalue weighted by Gasteiger charge is 2.22. The van der Waals surface area contributed by atoms with E-state index in [2.05, 4.69) is 0 Å². The minimum Gasteiger partial charge on any atom is -0.398 e. The average molecular weight is 254 g/mol. The van der Waals surface area contributed by atoms with E-state index >= 15 is 0 Å². The van der Waals surface area contributed by atoms with Crippen molar-refractivity contribution in [2.75, 3.05) is 26.0 Å². The molecule has 4 nitrogen and oxygen atoms in total. The zero-order valence-electron chi connectivity index (χ0n) is 10.9. The molecule has 0 spiro atoms. The summed E-state index contributed by atoms with van der Waals surface area (Å²) < 4.78 is 18.2. The Bertz CT molecular complexity index is 423. The van der Waals surface area contributed by atoms with E-state index in [0.29, 0.717) is 13.2 Å². The molecule has 1 aromatic carbocycles. The van der Waals surface area contributed by atoms with Gasteiger partial charge in [0.25, 0.3) is 5.91 Å². The monoisotopic (exact) mass is 254 g/mol. The predicted octanol–water partition coefficient (Wildman–Crippen LogP) is 1.90. The van der Waals surface area contributed by atoms with Gasteiger partial charge in [-0.25, -0.2) is 4.39 Å². The van der Waals surface area contributed by atoms with Crippen molar-refractivity contribution >= 4 is 11.6 Å². The van der Waals surface area contributed by atoms with E-state index in [1.54, 1.807) is 12.0 Å². The molecule has 0 aliphatic heterocycles. The molecule has 0 heterocycles. The summed E-state index contributed by atoms with van der Waals surface area (Å²) in [5.41, 5.74) is 6.19. The first-order valence-corrected chi connectivity index (χ1v) is 5.86. The molecule has 0 aliphatic rings. The number of rotatable bonds is 5. The Morgan fingerprint density at radius 2 is 2.22 bits per heavy atom. The van der Waals surface area contributed by atoms with Crippen LogP contribution in [0.2, 0.25) is 0 Å². The molecule has 100 valence electrons. The van der Waals surface area contributed by atoms with Gasteiger partial charge in [-0.2, -0.15) is 0 Å². The molecule has 0 saturated carbocycles. The number of likely N-dealkylation sites (N-methyl/N-ethyl adjacent to an activating group) is 1.